The lowest BCUT2D eigenvalue weighted by Gasteiger charge is -2.10. The second-order valence-electron chi connectivity index (χ2n) is 4.31. The first-order valence-corrected chi connectivity index (χ1v) is 6.07. The van der Waals surface area contributed by atoms with Crippen LogP contribution in [0.5, 0.6) is 0 Å². The van der Waals surface area contributed by atoms with Gasteiger partial charge in [0.05, 0.1) is 5.92 Å². The largest absolute Gasteiger partial charge is 0.400 e. The second-order valence-corrected chi connectivity index (χ2v) is 4.31. The van der Waals surface area contributed by atoms with Crippen LogP contribution in [0.3, 0.4) is 0 Å². The number of rotatable bonds is 2. The highest BCUT2D eigenvalue weighted by atomic mass is 16.2. The molecule has 104 valence electrons. The molecule has 1 aromatic carbocycles. The molecule has 2 rings (SSSR count). The highest BCUT2D eigenvalue weighted by Gasteiger charge is 2.21. The Kier molecular flexibility index (Phi) is 5.09. The summed E-state index contributed by atoms with van der Waals surface area (Å²) in [7, 11) is 3.01. The summed E-state index contributed by atoms with van der Waals surface area (Å²) < 4.78 is 2.10. The summed E-state index contributed by atoms with van der Waals surface area (Å²) >= 11 is 0. The van der Waals surface area contributed by atoms with E-state index in [1.165, 1.54) is 0 Å². The number of aryl methyl sites for hydroxylation is 1. The topological polar surface area (TPSA) is 80.3 Å². The molecule has 0 spiro atoms. The van der Waals surface area contributed by atoms with Crippen LogP contribution >= 0.6 is 0 Å². The lowest BCUT2D eigenvalue weighted by atomic mass is 9.97. The van der Waals surface area contributed by atoms with Gasteiger partial charge in [0, 0.05) is 30.8 Å². The number of carbonyl (C=O) groups is 1. The quantitative estimate of drug-likeness (QED) is 0.432. The van der Waals surface area contributed by atoms with Crippen LogP contribution in [0.15, 0.2) is 24.3 Å². The van der Waals surface area contributed by atoms with Crippen molar-refractivity contribution in [1.82, 2.24) is 9.99 Å². The number of nitrogens with zero attached hydrogens (tertiary/aromatic N) is 1. The molecule has 0 saturated carbocycles. The molecule has 1 heterocycles. The summed E-state index contributed by atoms with van der Waals surface area (Å²) in [5, 5.41) is 8.11. The van der Waals surface area contributed by atoms with Crippen LogP contribution in [-0.4, -0.2) is 22.7 Å². The van der Waals surface area contributed by atoms with E-state index >= 15 is 0 Å². The second kappa shape index (κ2) is 6.36. The van der Waals surface area contributed by atoms with E-state index in [1.807, 2.05) is 39.1 Å². The van der Waals surface area contributed by atoms with Crippen molar-refractivity contribution in [3.8, 4) is 0 Å². The Balaban J connectivity index is 0.000000861. The molecular weight excluding hydrogens is 242 g/mol. The van der Waals surface area contributed by atoms with Gasteiger partial charge in [0.1, 0.15) is 0 Å². The number of para-hydroxylation sites is 1. The zero-order valence-corrected chi connectivity index (χ0v) is 11.8. The van der Waals surface area contributed by atoms with Crippen LogP contribution in [0.4, 0.5) is 0 Å². The maximum atomic E-state index is 11.7. The van der Waals surface area contributed by atoms with Gasteiger partial charge in [-0.2, -0.15) is 0 Å². The predicted octanol–water partition coefficient (Wildman–Crippen LogP) is 1.19. The van der Waals surface area contributed by atoms with Crippen molar-refractivity contribution in [3.05, 3.63) is 35.5 Å². The molecule has 19 heavy (non-hydrogen) atoms. The molecule has 5 nitrogen and oxygen atoms in total. The molecule has 0 bridgehead atoms. The molecule has 5 heteroatoms. The van der Waals surface area contributed by atoms with Crippen LogP contribution in [0, 0.1) is 6.92 Å². The molecule has 0 aliphatic rings. The van der Waals surface area contributed by atoms with E-state index < -0.39 is 0 Å². The van der Waals surface area contributed by atoms with E-state index in [0.717, 1.165) is 29.3 Å². The number of hydrogen-bond acceptors (Lipinski definition) is 3. The standard InChI is InChI=1S/C13H17N3O.CH4O/c1-8(13(17)15-14)12-9(2)16(3)11-7-5-4-6-10(11)12;1-2/h4-8H,14H2,1-3H3,(H,15,17);2H,1H3. The summed E-state index contributed by atoms with van der Waals surface area (Å²) in [4.78, 5) is 11.7. The van der Waals surface area contributed by atoms with Gasteiger partial charge >= 0.3 is 0 Å². The molecule has 1 amide bonds. The molecule has 0 aliphatic heterocycles. The minimum absolute atomic E-state index is 0.163. The Morgan fingerprint density at radius 1 is 1.37 bits per heavy atom. The van der Waals surface area contributed by atoms with Gasteiger partial charge in [0.25, 0.3) is 0 Å². The third-order valence-corrected chi connectivity index (χ3v) is 3.42. The number of nitrogens with two attached hydrogens (primary N) is 1. The van der Waals surface area contributed by atoms with Crippen molar-refractivity contribution in [2.45, 2.75) is 19.8 Å². The number of aliphatic hydroxyl groups excluding tert-OH is 1. The average Bonchev–Trinajstić information content (AvgIpc) is 2.72. The minimum Gasteiger partial charge on any atom is -0.400 e. The van der Waals surface area contributed by atoms with Crippen molar-refractivity contribution in [1.29, 1.82) is 0 Å². The van der Waals surface area contributed by atoms with Gasteiger partial charge in [-0.25, -0.2) is 5.84 Å². The van der Waals surface area contributed by atoms with Crippen LogP contribution in [0.1, 0.15) is 24.1 Å². The minimum atomic E-state index is -0.244. The number of nitrogens with one attached hydrogen (secondary N) is 1. The van der Waals surface area contributed by atoms with Crippen molar-refractivity contribution in [2.24, 2.45) is 12.9 Å². The van der Waals surface area contributed by atoms with Crippen LogP contribution in [0.2, 0.25) is 0 Å². The molecular formula is C14H21N3O2. The maximum absolute atomic E-state index is 11.7. The zero-order valence-electron chi connectivity index (χ0n) is 11.8. The van der Waals surface area contributed by atoms with Gasteiger partial charge in [-0.1, -0.05) is 18.2 Å². The summed E-state index contributed by atoms with van der Waals surface area (Å²) in [6.45, 7) is 3.90. The van der Waals surface area contributed by atoms with Crippen molar-refractivity contribution in [2.75, 3.05) is 7.11 Å². The Labute approximate surface area is 113 Å². The van der Waals surface area contributed by atoms with Crippen molar-refractivity contribution in [3.63, 3.8) is 0 Å². The fourth-order valence-electron chi connectivity index (χ4n) is 2.35. The Morgan fingerprint density at radius 2 is 1.95 bits per heavy atom. The maximum Gasteiger partial charge on any atom is 0.241 e. The van der Waals surface area contributed by atoms with Crippen molar-refractivity contribution < 1.29 is 9.90 Å². The number of amides is 1. The fraction of sp³-hybridized carbons (Fsp3) is 0.357. The third-order valence-electron chi connectivity index (χ3n) is 3.42. The van der Waals surface area contributed by atoms with E-state index in [-0.39, 0.29) is 11.8 Å². The lowest BCUT2D eigenvalue weighted by molar-refractivity contribution is -0.122. The molecule has 4 N–H and O–H groups in total. The smallest absolute Gasteiger partial charge is 0.241 e. The Bertz CT molecular complexity index is 575. The number of aromatic nitrogens is 1. The van der Waals surface area contributed by atoms with E-state index in [1.54, 1.807) is 0 Å². The zero-order chi connectivity index (χ0) is 14.6. The SMILES string of the molecule is CO.Cc1c(C(C)C(=O)NN)c2ccccc2n1C. The first-order valence-electron chi connectivity index (χ1n) is 6.07. The molecule has 0 aliphatic carbocycles. The normalized spacial score (nSPS) is 11.7. The number of benzene rings is 1. The van der Waals surface area contributed by atoms with Gasteiger partial charge in [0.15, 0.2) is 0 Å². The highest BCUT2D eigenvalue weighted by Crippen LogP contribution is 2.30. The Hall–Kier alpha value is -1.85. The molecule has 1 aromatic heterocycles. The number of fused-ring (bicyclic) bond motifs is 1. The third kappa shape index (κ3) is 2.62. The number of hydrogen-bond donors (Lipinski definition) is 3. The number of aliphatic hydroxyl groups is 1. The Morgan fingerprint density at radius 3 is 2.53 bits per heavy atom. The van der Waals surface area contributed by atoms with Crippen molar-refractivity contribution >= 4 is 16.8 Å². The molecule has 1 unspecified atom stereocenters. The monoisotopic (exact) mass is 263 g/mol. The van der Waals surface area contributed by atoms with Gasteiger partial charge in [0.2, 0.25) is 5.91 Å². The van der Waals surface area contributed by atoms with E-state index in [2.05, 4.69) is 16.1 Å². The summed E-state index contributed by atoms with van der Waals surface area (Å²) in [5.41, 5.74) is 5.50. The van der Waals surface area contributed by atoms with Gasteiger partial charge in [-0.3, -0.25) is 10.2 Å². The highest BCUT2D eigenvalue weighted by molar-refractivity contribution is 5.93. The van der Waals surface area contributed by atoms with E-state index in [4.69, 9.17) is 10.9 Å². The van der Waals surface area contributed by atoms with E-state index in [0.29, 0.717) is 0 Å². The number of carbonyl (C=O) groups excluding carboxylic acids is 1. The molecule has 2 aromatic rings. The van der Waals surface area contributed by atoms with Gasteiger partial charge in [-0.15, -0.1) is 0 Å². The van der Waals surface area contributed by atoms with E-state index in [9.17, 15) is 4.79 Å². The summed E-state index contributed by atoms with van der Waals surface area (Å²) in [6, 6.07) is 8.08. The molecule has 1 atom stereocenters. The first-order chi connectivity index (χ1) is 9.07. The van der Waals surface area contributed by atoms with Crippen LogP contribution < -0.4 is 11.3 Å². The van der Waals surface area contributed by atoms with Crippen LogP contribution in [-0.2, 0) is 11.8 Å². The number of hydrazine groups is 1. The predicted molar refractivity (Wildman–Crippen MR) is 76.5 cm³/mol. The fourth-order valence-corrected chi connectivity index (χ4v) is 2.35. The molecule has 0 fully saturated rings. The van der Waals surface area contributed by atoms with Gasteiger partial charge < -0.3 is 9.67 Å². The molecule has 0 radical (unpaired) electrons. The average molecular weight is 263 g/mol. The summed E-state index contributed by atoms with van der Waals surface area (Å²) in [5.74, 6) is 4.80. The van der Waals surface area contributed by atoms with Gasteiger partial charge in [-0.05, 0) is 25.5 Å². The summed E-state index contributed by atoms with van der Waals surface area (Å²) in [6.07, 6.45) is 0. The lowest BCUT2D eigenvalue weighted by Crippen LogP contribution is -2.33. The first kappa shape index (κ1) is 15.2. The van der Waals surface area contributed by atoms with Crippen LogP contribution in [0.25, 0.3) is 10.9 Å². The molecule has 0 saturated heterocycles.